The molecule has 0 rings (SSSR count). The summed E-state index contributed by atoms with van der Waals surface area (Å²) in [6.45, 7) is 13.7. The van der Waals surface area contributed by atoms with Crippen LogP contribution in [0.3, 0.4) is 0 Å². The summed E-state index contributed by atoms with van der Waals surface area (Å²) in [5.74, 6) is 0.111. The molecule has 0 aromatic heterocycles. The summed E-state index contributed by atoms with van der Waals surface area (Å²) < 4.78 is 53.3. The van der Waals surface area contributed by atoms with Gasteiger partial charge in [-0.05, 0) is 20.8 Å². The van der Waals surface area contributed by atoms with Gasteiger partial charge in [-0.25, -0.2) is 4.79 Å². The van der Waals surface area contributed by atoms with Gasteiger partial charge in [-0.15, -0.1) is 11.6 Å². The molecule has 0 unspecified atom stereocenters. The Hall–Kier alpha value is -0.600. The third-order valence-electron chi connectivity index (χ3n) is 3.84. The molecule has 0 fully saturated rings. The van der Waals surface area contributed by atoms with Crippen LogP contribution in [0, 0.1) is 0 Å². The Labute approximate surface area is 221 Å². The lowest BCUT2D eigenvalue weighted by Crippen LogP contribution is -2.27. The van der Waals surface area contributed by atoms with Gasteiger partial charge in [0.15, 0.2) is 0 Å². The zero-order valence-corrected chi connectivity index (χ0v) is 23.1. The Kier molecular flexibility index (Phi) is 27.0. The van der Waals surface area contributed by atoms with Crippen LogP contribution < -0.4 is 0 Å². The van der Waals surface area contributed by atoms with Crippen molar-refractivity contribution in [3.63, 3.8) is 0 Å². The number of hydrogen-bond acceptors (Lipinski definition) is 11. The van der Waals surface area contributed by atoms with Crippen molar-refractivity contribution in [1.29, 1.82) is 0 Å². The molecule has 0 N–H and O–H groups in total. The highest BCUT2D eigenvalue weighted by molar-refractivity contribution is 6.17. The molecule has 0 amide bonds. The SMILES string of the molecule is CC(C)(C)OC(=O)COCCOCCOCCOCCOCCOCCOCCOCCOCCCl. The van der Waals surface area contributed by atoms with Gasteiger partial charge in [0.25, 0.3) is 0 Å². The van der Waals surface area contributed by atoms with Gasteiger partial charge < -0.3 is 47.4 Å². The standard InChI is InChI=1S/C24H47ClO11/c1-24(2,3)36-23(26)22-35-21-20-34-19-18-33-17-16-32-15-14-31-13-12-30-11-10-29-9-8-28-7-6-27-5-4-25/h4-22H2,1-3H3. The molecule has 0 heterocycles. The fraction of sp³-hybridized carbons (Fsp3) is 0.958. The Morgan fingerprint density at radius 1 is 0.472 bits per heavy atom. The fourth-order valence-corrected chi connectivity index (χ4v) is 2.45. The van der Waals surface area contributed by atoms with Crippen molar-refractivity contribution in [3.05, 3.63) is 0 Å². The molecule has 0 aliphatic carbocycles. The van der Waals surface area contributed by atoms with Crippen LogP contribution in [-0.4, -0.2) is 136 Å². The van der Waals surface area contributed by atoms with Crippen LogP contribution in [0.1, 0.15) is 20.8 Å². The summed E-state index contributed by atoms with van der Waals surface area (Å²) in [5, 5.41) is 0. The number of halogens is 1. The predicted molar refractivity (Wildman–Crippen MR) is 134 cm³/mol. The molecule has 36 heavy (non-hydrogen) atoms. The minimum atomic E-state index is -0.506. The lowest BCUT2D eigenvalue weighted by Gasteiger charge is -2.19. The summed E-state index contributed by atoms with van der Waals surface area (Å²) in [7, 11) is 0. The Bertz CT molecular complexity index is 464. The van der Waals surface area contributed by atoms with E-state index in [1.807, 2.05) is 20.8 Å². The minimum Gasteiger partial charge on any atom is -0.458 e. The predicted octanol–water partition coefficient (Wildman–Crippen LogP) is 1.72. The van der Waals surface area contributed by atoms with E-state index in [4.69, 9.17) is 59.0 Å². The third-order valence-corrected chi connectivity index (χ3v) is 3.99. The monoisotopic (exact) mass is 546 g/mol. The molecule has 0 atom stereocenters. The molecular formula is C24H47ClO11. The highest BCUT2D eigenvalue weighted by Gasteiger charge is 2.15. The van der Waals surface area contributed by atoms with E-state index in [9.17, 15) is 4.79 Å². The molecule has 0 saturated heterocycles. The molecule has 0 aromatic rings. The molecular weight excluding hydrogens is 500 g/mol. The van der Waals surface area contributed by atoms with Gasteiger partial charge in [-0.1, -0.05) is 0 Å². The van der Waals surface area contributed by atoms with Crippen molar-refractivity contribution in [2.24, 2.45) is 0 Å². The number of esters is 1. The van der Waals surface area contributed by atoms with E-state index in [-0.39, 0.29) is 12.6 Å². The van der Waals surface area contributed by atoms with Crippen molar-refractivity contribution in [2.45, 2.75) is 26.4 Å². The first-order chi connectivity index (χ1) is 17.5. The maximum atomic E-state index is 11.5. The number of alkyl halides is 1. The molecule has 0 spiro atoms. The van der Waals surface area contributed by atoms with Crippen LogP contribution in [0.25, 0.3) is 0 Å². The zero-order valence-electron chi connectivity index (χ0n) is 22.3. The molecule has 0 aliphatic heterocycles. The number of ether oxygens (including phenoxy) is 10. The highest BCUT2D eigenvalue weighted by atomic mass is 35.5. The Morgan fingerprint density at radius 3 is 0.972 bits per heavy atom. The molecule has 11 nitrogen and oxygen atoms in total. The van der Waals surface area contributed by atoms with Gasteiger partial charge in [-0.3, -0.25) is 0 Å². The smallest absolute Gasteiger partial charge is 0.332 e. The van der Waals surface area contributed by atoms with E-state index in [0.29, 0.717) is 118 Å². The number of carbonyl (C=O) groups is 1. The Morgan fingerprint density at radius 2 is 0.722 bits per heavy atom. The van der Waals surface area contributed by atoms with Crippen LogP contribution in [0.5, 0.6) is 0 Å². The number of rotatable bonds is 28. The molecule has 0 aromatic carbocycles. The van der Waals surface area contributed by atoms with E-state index in [0.717, 1.165) is 0 Å². The first-order valence-corrected chi connectivity index (χ1v) is 13.0. The topological polar surface area (TPSA) is 109 Å². The summed E-state index contributed by atoms with van der Waals surface area (Å²) in [6, 6.07) is 0. The van der Waals surface area contributed by atoms with E-state index in [1.165, 1.54) is 0 Å². The molecule has 0 aliphatic rings. The summed E-state index contributed by atoms with van der Waals surface area (Å²) in [4.78, 5) is 11.5. The van der Waals surface area contributed by atoms with Gasteiger partial charge in [0.2, 0.25) is 0 Å². The summed E-state index contributed by atoms with van der Waals surface area (Å²) in [5.41, 5.74) is -0.506. The number of hydrogen-bond donors (Lipinski definition) is 0. The second-order valence-electron chi connectivity index (χ2n) is 8.23. The first kappa shape index (κ1) is 35.4. The molecule has 12 heteroatoms. The highest BCUT2D eigenvalue weighted by Crippen LogP contribution is 2.06. The molecule has 0 saturated carbocycles. The Balaban J connectivity index is 3.09. The maximum absolute atomic E-state index is 11.5. The van der Waals surface area contributed by atoms with Crippen molar-refractivity contribution in [1.82, 2.24) is 0 Å². The third kappa shape index (κ3) is 31.4. The van der Waals surface area contributed by atoms with Crippen LogP contribution in [0.2, 0.25) is 0 Å². The van der Waals surface area contributed by atoms with E-state index < -0.39 is 5.60 Å². The van der Waals surface area contributed by atoms with Crippen LogP contribution in [0.4, 0.5) is 0 Å². The average molecular weight is 547 g/mol. The van der Waals surface area contributed by atoms with Gasteiger partial charge in [0.1, 0.15) is 12.2 Å². The quantitative estimate of drug-likeness (QED) is 0.0812. The fourth-order valence-electron chi connectivity index (χ4n) is 2.34. The van der Waals surface area contributed by atoms with Crippen molar-refractivity contribution in [2.75, 3.05) is 125 Å². The zero-order chi connectivity index (χ0) is 26.6. The van der Waals surface area contributed by atoms with Crippen LogP contribution >= 0.6 is 11.6 Å². The largest absolute Gasteiger partial charge is 0.458 e. The van der Waals surface area contributed by atoms with Gasteiger partial charge in [0, 0.05) is 5.88 Å². The maximum Gasteiger partial charge on any atom is 0.332 e. The minimum absolute atomic E-state index is 0.0791. The number of carbonyl (C=O) groups excluding carboxylic acids is 1. The molecule has 0 radical (unpaired) electrons. The second kappa shape index (κ2) is 27.4. The van der Waals surface area contributed by atoms with Crippen molar-refractivity contribution < 1.29 is 52.2 Å². The normalized spacial score (nSPS) is 11.8. The molecule has 0 bridgehead atoms. The summed E-state index contributed by atoms with van der Waals surface area (Å²) in [6.07, 6.45) is 0. The first-order valence-electron chi connectivity index (χ1n) is 12.4. The average Bonchev–Trinajstić information content (AvgIpc) is 2.82. The van der Waals surface area contributed by atoms with Gasteiger partial charge >= 0.3 is 5.97 Å². The summed E-state index contributed by atoms with van der Waals surface area (Å²) >= 11 is 5.49. The van der Waals surface area contributed by atoms with Crippen molar-refractivity contribution >= 4 is 17.6 Å². The van der Waals surface area contributed by atoms with Crippen LogP contribution in [-0.2, 0) is 52.2 Å². The van der Waals surface area contributed by atoms with Crippen molar-refractivity contribution in [3.8, 4) is 0 Å². The second-order valence-corrected chi connectivity index (χ2v) is 8.60. The van der Waals surface area contributed by atoms with Gasteiger partial charge in [-0.2, -0.15) is 0 Å². The van der Waals surface area contributed by atoms with E-state index in [1.54, 1.807) is 0 Å². The van der Waals surface area contributed by atoms with E-state index >= 15 is 0 Å². The lowest BCUT2D eigenvalue weighted by atomic mass is 10.2. The van der Waals surface area contributed by atoms with E-state index in [2.05, 4.69) is 0 Å². The van der Waals surface area contributed by atoms with Crippen LogP contribution in [0.15, 0.2) is 0 Å². The molecule has 216 valence electrons. The van der Waals surface area contributed by atoms with Gasteiger partial charge in [0.05, 0.1) is 112 Å². The lowest BCUT2D eigenvalue weighted by molar-refractivity contribution is -0.160.